The molecule has 27 nitrogen and oxygen atoms in total. The maximum Gasteiger partial charge on any atom is 1.00 e. The number of carbonyl (C=O) groups is 6. The third kappa shape index (κ3) is 26.2. The van der Waals surface area contributed by atoms with Crippen molar-refractivity contribution in [2.75, 3.05) is 27.4 Å². The molecule has 3 aromatic heterocycles. The number of para-hydroxylation sites is 3. The van der Waals surface area contributed by atoms with Crippen LogP contribution in [-0.2, 0) is 78.3 Å². The summed E-state index contributed by atoms with van der Waals surface area (Å²) in [4.78, 5) is 115. The van der Waals surface area contributed by atoms with Crippen LogP contribution in [0.3, 0.4) is 0 Å². The second kappa shape index (κ2) is 51.1. The van der Waals surface area contributed by atoms with Gasteiger partial charge in [0, 0.05) is 64.7 Å². The van der Waals surface area contributed by atoms with Crippen LogP contribution in [0.4, 0.5) is 0 Å². The van der Waals surface area contributed by atoms with Crippen LogP contribution in [0.5, 0.6) is 0 Å². The largest absolute Gasteiger partial charge is 1.00 e. The quantitative estimate of drug-likeness (QED) is 0.0144. The summed E-state index contributed by atoms with van der Waals surface area (Å²) in [5.74, 6) is 0.190. The van der Waals surface area contributed by atoms with Gasteiger partial charge in [-0.1, -0.05) is 272 Å². The average molecular weight is 2070 g/mol. The Morgan fingerprint density at radius 3 is 1.09 bits per heavy atom. The van der Waals surface area contributed by atoms with Crippen LogP contribution in [0.15, 0.2) is 289 Å². The van der Waals surface area contributed by atoms with Gasteiger partial charge in [0.1, 0.15) is 18.1 Å². The summed E-state index contributed by atoms with van der Waals surface area (Å²) in [5.41, 5.74) is 13.5. The first kappa shape index (κ1) is 113. The number of ether oxygens (including phenoxy) is 3. The average Bonchev–Trinajstić information content (AvgIpc) is 1.40. The van der Waals surface area contributed by atoms with Gasteiger partial charge in [-0.25, -0.2) is 14.4 Å². The number of amides is 3. The van der Waals surface area contributed by atoms with E-state index in [1.54, 1.807) is 83.4 Å². The van der Waals surface area contributed by atoms with Gasteiger partial charge in [-0.3, -0.25) is 28.8 Å². The number of hydrogen-bond donors (Lipinski definition) is 6. The summed E-state index contributed by atoms with van der Waals surface area (Å²) in [6.07, 6.45) is 2.92. The van der Waals surface area contributed by atoms with Crippen molar-refractivity contribution in [3.05, 3.63) is 354 Å². The molecule has 2 fully saturated rings. The number of nitrogens with two attached hydrogens (primary N) is 1. The van der Waals surface area contributed by atoms with Gasteiger partial charge in [-0.2, -0.15) is 5.53 Å². The SMILES string of the molecule is C.C.C1CCOC1.COC(=O)[C@H](Cc1ccc(-c2cc3ccccc3n(C)c2=O)c2ccccc12)NC(=O)c1c(Cl)cccc1Cl.COC(=O)[C@H](Cc1ccc(B2OC(C)(C)C(C)(C)O2)c2ccccc12)NC(=O)c1c(Cl)cccc1Cl.Cn1c(=O)c(-c2ccc(C[C@H](NC(=O)c3c(Cl)cccc3Cl)C(=O)O)c3ccccc23)cc2ccccc21.Cn1c(=O)c(Br)cc2ccccc21.N=N/N=N/N.[Li+].[OH-]. The van der Waals surface area contributed by atoms with Gasteiger partial charge in [-0.15, -0.1) is 0 Å². The fraction of sp³-hybridized carbons (Fsp3) is 0.221. The van der Waals surface area contributed by atoms with Crippen LogP contribution in [0, 0.1) is 5.53 Å². The molecule has 17 rings (SSSR count). The Morgan fingerprint density at radius 2 is 0.757 bits per heavy atom. The third-order valence-corrected chi connectivity index (χ3v) is 25.9. The molecular formula is C104H102BBrCl6LiN11O16. The van der Waals surface area contributed by atoms with E-state index < -0.39 is 72.1 Å². The molecule has 0 radical (unpaired) electrons. The smallest absolute Gasteiger partial charge is 0.870 e. The van der Waals surface area contributed by atoms with E-state index in [2.05, 4.69) is 53.4 Å². The molecule has 3 amide bonds. The standard InChI is InChI=1S/C31H24Cl2N2O4.C30H22Cl2N2O4.C27H28BCl2NO5.C10H8BrNO.C4H8O.2CH4.Li.H3N5.H2O/c1-35-27-13-6-3-8-19(27)16-23(30(35)37)22-15-14-18(20-9-4-5-10-21(20)22)17-26(31(38)39-2)34-29(36)28-24(32)11-7-12-25(28)33;1-34-26-12-5-2-7-18(26)15-22(29(34)36)21-14-13-17(19-8-3-4-9-20(19)21)16-25(30(37)38)33-28(35)27-23(31)10-6-11-24(27)32;1-26(2)27(3,4)36-28(35-26)19-14-13-16(17-9-6-7-10-18(17)19)15-22(25(33)34-5)31-24(32)23-20(29)11-8-12-21(23)30;1-12-9-5-3-2-4-7(9)6-8(11)10(12)13;1-2-4-5-3-1;;;;1-3-5-4-2;/h3-16,26H,17H2,1-2H3,(H,34,36);2-15,25H,16H2,1H3,(H,33,35)(H,37,38);6-14,22H,15H2,1-5H3,(H,31,32);2-6H,1H3;1-4H2;2*1H4;;(H3,1,2,5);1H2/q;;;;;;;+1;;/p-1/t26-;25-;22-;;;;;;;/m000......./s1. The van der Waals surface area contributed by atoms with Crippen molar-refractivity contribution >= 4 is 199 Å². The van der Waals surface area contributed by atoms with Gasteiger partial charge in [0.15, 0.2) is 0 Å². The number of benzene rings is 12. The molecule has 5 heterocycles. The minimum Gasteiger partial charge on any atom is -0.870 e. The number of pyridine rings is 3. The van der Waals surface area contributed by atoms with E-state index in [1.165, 1.54) is 39.2 Å². The number of carboxylic acids is 1. The summed E-state index contributed by atoms with van der Waals surface area (Å²) in [5, 5.41) is 34.8. The van der Waals surface area contributed by atoms with Crippen LogP contribution in [0.2, 0.25) is 30.1 Å². The molecule has 36 heteroatoms. The first-order chi connectivity index (χ1) is 65.1. The van der Waals surface area contributed by atoms with Gasteiger partial charge in [0.25, 0.3) is 34.4 Å². The minimum absolute atomic E-state index is 0. The number of nitrogens with one attached hydrogen (secondary N) is 4. The summed E-state index contributed by atoms with van der Waals surface area (Å²) < 4.78 is 33.0. The molecule has 0 aliphatic carbocycles. The van der Waals surface area contributed by atoms with Gasteiger partial charge in [0.2, 0.25) is 0 Å². The summed E-state index contributed by atoms with van der Waals surface area (Å²) >= 11 is 40.3. The second-order valence-corrected chi connectivity index (χ2v) is 35.7. The number of carboxylic acid groups (broad SMARTS) is 1. The zero-order valence-electron chi connectivity index (χ0n) is 76.5. The predicted octanol–water partition coefficient (Wildman–Crippen LogP) is 18.7. The van der Waals surface area contributed by atoms with Gasteiger partial charge >= 0.3 is 43.9 Å². The van der Waals surface area contributed by atoms with Gasteiger partial charge in [0.05, 0.1) is 93.3 Å². The molecule has 0 saturated carbocycles. The molecule has 2 saturated heterocycles. The summed E-state index contributed by atoms with van der Waals surface area (Å²) in [6, 6.07) is 74.1. The van der Waals surface area contributed by atoms with Crippen molar-refractivity contribution in [1.82, 2.24) is 29.7 Å². The fourth-order valence-electron chi connectivity index (χ4n) is 15.8. The van der Waals surface area contributed by atoms with Crippen molar-refractivity contribution in [2.24, 2.45) is 42.7 Å². The Bertz CT molecular complexity index is 7250. The number of methoxy groups -OCH3 is 2. The number of aliphatic carboxylic acids is 1. The molecule has 8 N–H and O–H groups in total. The Hall–Kier alpha value is -12.4. The number of hydrogen-bond acceptors (Lipinski definition) is 17. The number of carbonyl (C=O) groups excluding carboxylic acids is 5. The first-order valence-electron chi connectivity index (χ1n) is 42.6. The van der Waals surface area contributed by atoms with Crippen molar-refractivity contribution in [2.45, 2.75) is 104 Å². The van der Waals surface area contributed by atoms with E-state index in [1.807, 2.05) is 222 Å². The van der Waals surface area contributed by atoms with Gasteiger partial charge < -0.3 is 69.6 Å². The molecular weight excluding hydrogens is 1970 g/mol. The summed E-state index contributed by atoms with van der Waals surface area (Å²) in [6.45, 7) is 10.0. The van der Waals surface area contributed by atoms with Crippen molar-refractivity contribution in [3.8, 4) is 22.3 Å². The normalized spacial score (nSPS) is 13.1. The molecule has 0 spiro atoms. The first-order valence-corrected chi connectivity index (χ1v) is 45.7. The van der Waals surface area contributed by atoms with E-state index in [0.717, 1.165) is 106 Å². The van der Waals surface area contributed by atoms with Crippen LogP contribution < -0.4 is 62.8 Å². The van der Waals surface area contributed by atoms with Crippen LogP contribution in [0.1, 0.15) is 103 Å². The molecule has 140 heavy (non-hydrogen) atoms. The maximum atomic E-state index is 13.4. The summed E-state index contributed by atoms with van der Waals surface area (Å²) in [7, 11) is 7.29. The molecule has 3 atom stereocenters. The maximum absolute atomic E-state index is 13.4. The molecule has 2 aliphatic rings. The molecule has 0 bridgehead atoms. The fourth-order valence-corrected chi connectivity index (χ4v) is 18.0. The molecule has 722 valence electrons. The zero-order chi connectivity index (χ0) is 98.0. The Balaban J connectivity index is 0.000000227. The number of fused-ring (bicyclic) bond motifs is 6. The molecule has 12 aromatic carbocycles. The number of nitrogens with zero attached hydrogens (tertiary/aromatic N) is 6. The van der Waals surface area contributed by atoms with Crippen LogP contribution in [0.25, 0.3) is 87.3 Å². The van der Waals surface area contributed by atoms with Crippen LogP contribution >= 0.6 is 85.5 Å². The second-order valence-electron chi connectivity index (χ2n) is 32.5. The van der Waals surface area contributed by atoms with Crippen molar-refractivity contribution in [1.29, 1.82) is 5.53 Å². The van der Waals surface area contributed by atoms with E-state index >= 15 is 0 Å². The number of esters is 2. The Kier molecular flexibility index (Phi) is 41.2. The minimum atomic E-state index is -1.24. The number of aromatic nitrogens is 3. The topological polar surface area (TPSA) is 388 Å². The molecule has 2 aliphatic heterocycles. The Labute approximate surface area is 859 Å². The van der Waals surface area contributed by atoms with Gasteiger partial charge in [-0.05, 0) is 221 Å². The third-order valence-electron chi connectivity index (χ3n) is 23.5. The number of halogens is 7. The molecule has 0 unspecified atom stereocenters. The van der Waals surface area contributed by atoms with Crippen molar-refractivity contribution in [3.63, 3.8) is 0 Å². The van der Waals surface area contributed by atoms with E-state index in [9.17, 15) is 48.3 Å². The van der Waals surface area contributed by atoms with Crippen LogP contribution in [-0.4, -0.2) is 124 Å². The Morgan fingerprint density at radius 1 is 0.450 bits per heavy atom. The van der Waals surface area contributed by atoms with Crippen molar-refractivity contribution < 1.29 is 81.7 Å². The zero-order valence-corrected chi connectivity index (χ0v) is 82.6. The monoisotopic (exact) mass is 2070 g/mol. The van der Waals surface area contributed by atoms with E-state index in [4.69, 9.17) is 98.7 Å². The molecule has 15 aromatic rings. The number of rotatable bonds is 19. The predicted molar refractivity (Wildman–Crippen MR) is 556 cm³/mol. The van der Waals surface area contributed by atoms with E-state index in [-0.39, 0.29) is 122 Å². The number of aryl methyl sites for hydroxylation is 3. The van der Waals surface area contributed by atoms with E-state index in [0.29, 0.717) is 21.2 Å².